The van der Waals surface area contributed by atoms with E-state index in [1.165, 1.54) is 54.6 Å². The number of phenolic OH excluding ortho intramolecular Hbond substituents is 4. The zero-order valence-corrected chi connectivity index (χ0v) is 21.5. The van der Waals surface area contributed by atoms with E-state index in [0.717, 1.165) is 0 Å². The summed E-state index contributed by atoms with van der Waals surface area (Å²) in [4.78, 5) is 12.8. The Morgan fingerprint density at radius 1 is 1.00 bits per heavy atom. The average molecular weight is 569 g/mol. The molecule has 0 radical (unpaired) electrons. The molecule has 3 unspecified atom stereocenters. The minimum Gasteiger partial charge on any atom is -0.508 e. The number of benzene rings is 3. The van der Waals surface area contributed by atoms with Gasteiger partial charge in [0.15, 0.2) is 17.6 Å². The topological polar surface area (TPSA) is 196 Å². The van der Waals surface area contributed by atoms with Crippen molar-refractivity contribution >= 4 is 12.0 Å². The number of aromatic hydroxyl groups is 4. The molecular weight excluding hydrogens is 540 g/mol. The highest BCUT2D eigenvalue weighted by Gasteiger charge is 2.49. The van der Waals surface area contributed by atoms with Crippen LogP contribution in [0.2, 0.25) is 0 Å². The first-order valence-corrected chi connectivity index (χ1v) is 12.6. The maximum absolute atomic E-state index is 12.8. The molecule has 216 valence electrons. The van der Waals surface area contributed by atoms with E-state index in [9.17, 15) is 40.5 Å². The molecule has 2 aliphatic heterocycles. The van der Waals surface area contributed by atoms with Gasteiger partial charge in [-0.25, -0.2) is 4.79 Å². The van der Waals surface area contributed by atoms with Crippen molar-refractivity contribution in [3.05, 3.63) is 77.4 Å². The highest BCUT2D eigenvalue weighted by atomic mass is 16.7. The normalized spacial score (nSPS) is 25.4. The van der Waals surface area contributed by atoms with Gasteiger partial charge in [0.2, 0.25) is 6.29 Å². The molecule has 2 heterocycles. The van der Waals surface area contributed by atoms with Gasteiger partial charge in [-0.3, -0.25) is 0 Å². The van der Waals surface area contributed by atoms with E-state index in [4.69, 9.17) is 18.9 Å². The van der Waals surface area contributed by atoms with Gasteiger partial charge in [0.1, 0.15) is 40.8 Å². The minimum absolute atomic E-state index is 0.0108. The van der Waals surface area contributed by atoms with Crippen molar-refractivity contribution < 1.29 is 59.5 Å². The number of fused-ring (bicyclic) bond motifs is 1. The molecule has 3 aromatic rings. The van der Waals surface area contributed by atoms with Crippen LogP contribution in [0.5, 0.6) is 34.5 Å². The van der Waals surface area contributed by atoms with E-state index in [-0.39, 0.29) is 35.2 Å². The Labute approximate surface area is 233 Å². The van der Waals surface area contributed by atoms with Crippen molar-refractivity contribution in [1.82, 2.24) is 0 Å². The quantitative estimate of drug-likeness (QED) is 0.124. The summed E-state index contributed by atoms with van der Waals surface area (Å²) in [6.45, 7) is -1.17. The predicted molar refractivity (Wildman–Crippen MR) is 140 cm³/mol. The van der Waals surface area contributed by atoms with Crippen molar-refractivity contribution in [1.29, 1.82) is 0 Å². The van der Waals surface area contributed by atoms with Crippen LogP contribution in [0, 0.1) is 0 Å². The van der Waals surface area contributed by atoms with Crippen LogP contribution in [0.1, 0.15) is 22.8 Å². The number of rotatable bonds is 7. The first-order chi connectivity index (χ1) is 19.6. The molecule has 0 bridgehead atoms. The number of carbonyl (C=O) groups excluding carboxylic acids is 1. The summed E-state index contributed by atoms with van der Waals surface area (Å²) in [7, 11) is 0. The number of aliphatic hydroxyl groups excluding tert-OH is 2. The third-order valence-electron chi connectivity index (χ3n) is 6.87. The van der Waals surface area contributed by atoms with Crippen molar-refractivity contribution in [2.24, 2.45) is 0 Å². The van der Waals surface area contributed by atoms with Crippen LogP contribution in [0.25, 0.3) is 6.08 Å². The van der Waals surface area contributed by atoms with Crippen molar-refractivity contribution in [2.45, 2.75) is 36.6 Å². The smallest absolute Gasteiger partial charge is 0.331 e. The van der Waals surface area contributed by atoms with E-state index in [1.807, 2.05) is 0 Å². The lowest BCUT2D eigenvalue weighted by atomic mass is 9.93. The molecule has 0 spiro atoms. The highest BCUT2D eigenvalue weighted by Crippen LogP contribution is 2.45. The molecule has 7 N–H and O–H groups in total. The fourth-order valence-corrected chi connectivity index (χ4v) is 4.60. The standard InChI is InChI=1S/C29H28O12/c30-13-29(37)14-38-28(27(29)36)41-23-11-18(32)10-22-19(23)12-24(26(40-22)16-4-7-20(33)21(34)9-16)39-25(35)8-3-15-1-5-17(31)6-2-15/h1-11,24,26-28,30-34,36-37H,12-14H2/b8-3+/t24-,26+,27?,28?,29?/m0/s1. The molecule has 5 atom stereocenters. The van der Waals surface area contributed by atoms with E-state index >= 15 is 0 Å². The second-order valence-corrected chi connectivity index (χ2v) is 9.82. The third-order valence-corrected chi connectivity index (χ3v) is 6.87. The van der Waals surface area contributed by atoms with E-state index in [0.29, 0.717) is 16.7 Å². The molecule has 0 aromatic heterocycles. The van der Waals surface area contributed by atoms with E-state index < -0.39 is 55.1 Å². The third kappa shape index (κ3) is 5.86. The number of esters is 1. The van der Waals surface area contributed by atoms with Gasteiger partial charge in [-0.15, -0.1) is 0 Å². The van der Waals surface area contributed by atoms with Gasteiger partial charge >= 0.3 is 5.97 Å². The summed E-state index contributed by atoms with van der Waals surface area (Å²) in [5.41, 5.74) is -0.599. The molecule has 1 saturated heterocycles. The summed E-state index contributed by atoms with van der Waals surface area (Å²) < 4.78 is 23.0. The minimum atomic E-state index is -1.94. The predicted octanol–water partition coefficient (Wildman–Crippen LogP) is 1.63. The maximum Gasteiger partial charge on any atom is 0.331 e. The van der Waals surface area contributed by atoms with Gasteiger partial charge in [0.05, 0.1) is 13.2 Å². The number of phenols is 4. The largest absolute Gasteiger partial charge is 0.508 e. The summed E-state index contributed by atoms with van der Waals surface area (Å²) >= 11 is 0. The van der Waals surface area contributed by atoms with Gasteiger partial charge in [0.25, 0.3) is 0 Å². The molecule has 0 amide bonds. The average Bonchev–Trinajstić information content (AvgIpc) is 3.23. The Balaban J connectivity index is 1.45. The Bertz CT molecular complexity index is 1450. The monoisotopic (exact) mass is 568 g/mol. The van der Waals surface area contributed by atoms with Gasteiger partial charge in [-0.05, 0) is 35.9 Å². The molecule has 5 rings (SSSR count). The number of hydrogen-bond acceptors (Lipinski definition) is 12. The summed E-state index contributed by atoms with van der Waals surface area (Å²) in [6, 6.07) is 12.7. The first kappa shape index (κ1) is 28.1. The lowest BCUT2D eigenvalue weighted by Gasteiger charge is -2.34. The lowest BCUT2D eigenvalue weighted by Crippen LogP contribution is -2.48. The zero-order chi connectivity index (χ0) is 29.3. The lowest BCUT2D eigenvalue weighted by molar-refractivity contribution is -0.149. The van der Waals surface area contributed by atoms with Crippen LogP contribution >= 0.6 is 0 Å². The van der Waals surface area contributed by atoms with Gasteiger partial charge in [0, 0.05) is 35.8 Å². The van der Waals surface area contributed by atoms with Crippen LogP contribution in [0.15, 0.2) is 60.7 Å². The fraction of sp³-hybridized carbons (Fsp3) is 0.276. The summed E-state index contributed by atoms with van der Waals surface area (Å²) in [6.07, 6.45) is -2.31. The Morgan fingerprint density at radius 2 is 1.76 bits per heavy atom. The Hall–Kier alpha value is -4.49. The second-order valence-electron chi connectivity index (χ2n) is 9.82. The molecule has 41 heavy (non-hydrogen) atoms. The van der Waals surface area contributed by atoms with Crippen LogP contribution in [-0.4, -0.2) is 79.0 Å². The molecule has 1 fully saturated rings. The molecule has 0 saturated carbocycles. The van der Waals surface area contributed by atoms with Gasteiger partial charge in [-0.2, -0.15) is 0 Å². The molecule has 12 heteroatoms. The highest BCUT2D eigenvalue weighted by molar-refractivity contribution is 5.87. The zero-order valence-electron chi connectivity index (χ0n) is 21.5. The molecule has 2 aliphatic rings. The molecular formula is C29H28O12. The Morgan fingerprint density at radius 3 is 2.44 bits per heavy atom. The number of ether oxygens (including phenoxy) is 4. The summed E-state index contributed by atoms with van der Waals surface area (Å²) in [5.74, 6) is -1.54. The molecule has 0 aliphatic carbocycles. The van der Waals surface area contributed by atoms with Crippen LogP contribution in [0.4, 0.5) is 0 Å². The van der Waals surface area contributed by atoms with Gasteiger partial charge in [-0.1, -0.05) is 18.2 Å². The maximum atomic E-state index is 12.8. The van der Waals surface area contributed by atoms with Crippen molar-refractivity contribution in [3.63, 3.8) is 0 Å². The van der Waals surface area contributed by atoms with Crippen LogP contribution in [-0.2, 0) is 20.7 Å². The van der Waals surface area contributed by atoms with E-state index in [2.05, 4.69) is 0 Å². The Kier molecular flexibility index (Phi) is 7.65. The molecule has 12 nitrogen and oxygen atoms in total. The van der Waals surface area contributed by atoms with Gasteiger partial charge < -0.3 is 54.7 Å². The SMILES string of the molecule is O=C(/C=C/c1ccc(O)cc1)O[C@H]1Cc2c(OC3OCC(O)(CO)C3O)cc(O)cc2O[C@@H]1c1ccc(O)c(O)c1. The summed E-state index contributed by atoms with van der Waals surface area (Å²) in [5, 5.41) is 69.8. The molecule has 3 aromatic carbocycles. The van der Waals surface area contributed by atoms with Crippen molar-refractivity contribution in [2.75, 3.05) is 13.2 Å². The van der Waals surface area contributed by atoms with Crippen LogP contribution in [0.3, 0.4) is 0 Å². The number of aliphatic hydroxyl groups is 3. The fourth-order valence-electron chi connectivity index (χ4n) is 4.60. The first-order valence-electron chi connectivity index (χ1n) is 12.6. The van der Waals surface area contributed by atoms with Crippen molar-refractivity contribution in [3.8, 4) is 34.5 Å². The van der Waals surface area contributed by atoms with E-state index in [1.54, 1.807) is 12.1 Å². The number of carbonyl (C=O) groups is 1. The van der Waals surface area contributed by atoms with Crippen LogP contribution < -0.4 is 9.47 Å². The second kappa shape index (κ2) is 11.2. The number of hydrogen-bond donors (Lipinski definition) is 7.